The third kappa shape index (κ3) is 3.33. The number of rotatable bonds is 5. The molecule has 0 fully saturated rings. The molecule has 0 saturated heterocycles. The molecule has 1 atom stereocenters. The quantitative estimate of drug-likeness (QED) is 0.633. The molecule has 1 aromatic carbocycles. The molecule has 0 aliphatic carbocycles. The van der Waals surface area contributed by atoms with Gasteiger partial charge in [-0.2, -0.15) is 4.73 Å². The molecule has 0 saturated carbocycles. The van der Waals surface area contributed by atoms with E-state index in [0.717, 1.165) is 5.56 Å². The number of hydrogen-bond donors (Lipinski definition) is 2. The molecule has 1 heterocycles. The van der Waals surface area contributed by atoms with Crippen LogP contribution >= 0.6 is 0 Å². The maximum Gasteiger partial charge on any atom is 0.317 e. The lowest BCUT2D eigenvalue weighted by Crippen LogP contribution is -2.40. The van der Waals surface area contributed by atoms with Crippen molar-refractivity contribution in [2.45, 2.75) is 12.5 Å². The molecule has 1 unspecified atom stereocenters. The Morgan fingerprint density at radius 2 is 1.90 bits per heavy atom. The van der Waals surface area contributed by atoms with Gasteiger partial charge in [0.05, 0.1) is 6.04 Å². The number of nitrogens with zero attached hydrogens (tertiary/aromatic N) is 1. The summed E-state index contributed by atoms with van der Waals surface area (Å²) in [5.41, 5.74) is 0.926. The van der Waals surface area contributed by atoms with E-state index in [1.165, 1.54) is 12.3 Å². The summed E-state index contributed by atoms with van der Waals surface area (Å²) in [5.74, 6) is -0.456. The Morgan fingerprint density at radius 1 is 1.20 bits per heavy atom. The highest BCUT2D eigenvalue weighted by molar-refractivity contribution is 5.91. The molecular formula is C15H16N2O3. The van der Waals surface area contributed by atoms with E-state index in [1.807, 2.05) is 30.3 Å². The lowest BCUT2D eigenvalue weighted by molar-refractivity contribution is -0.607. The predicted octanol–water partition coefficient (Wildman–Crippen LogP) is 1.17. The van der Waals surface area contributed by atoms with Gasteiger partial charge in [-0.25, -0.2) is 0 Å². The highest BCUT2D eigenvalue weighted by atomic mass is 16.5. The summed E-state index contributed by atoms with van der Waals surface area (Å²) >= 11 is 0. The molecule has 104 valence electrons. The van der Waals surface area contributed by atoms with Crippen LogP contribution in [0, 0.1) is 5.21 Å². The first-order valence-electron chi connectivity index (χ1n) is 6.37. The first-order chi connectivity index (χ1) is 9.72. The van der Waals surface area contributed by atoms with Crippen LogP contribution in [0.1, 0.15) is 28.5 Å². The SMILES string of the molecule is O=C(NC(CCO)c1ccccc1)c1cccc[n+]1[O-]. The van der Waals surface area contributed by atoms with E-state index in [2.05, 4.69) is 5.32 Å². The standard InChI is InChI=1S/C15H16N2O3/c18-11-9-13(12-6-2-1-3-7-12)16-15(19)14-8-4-5-10-17(14)20/h1-8,10,13,18H,9,11H2,(H,16,19). The zero-order chi connectivity index (χ0) is 14.4. The second-order valence-corrected chi connectivity index (χ2v) is 4.36. The first-order valence-corrected chi connectivity index (χ1v) is 6.37. The van der Waals surface area contributed by atoms with Gasteiger partial charge in [-0.3, -0.25) is 4.79 Å². The van der Waals surface area contributed by atoms with Gasteiger partial charge >= 0.3 is 5.91 Å². The molecule has 0 radical (unpaired) electrons. The molecular weight excluding hydrogens is 256 g/mol. The molecule has 2 aromatic rings. The minimum absolute atomic E-state index is 0.0337. The Bertz CT molecular complexity index is 572. The van der Waals surface area contributed by atoms with Gasteiger partial charge in [0.15, 0.2) is 6.20 Å². The van der Waals surface area contributed by atoms with Gasteiger partial charge in [0.2, 0.25) is 0 Å². The van der Waals surface area contributed by atoms with Crippen molar-refractivity contribution >= 4 is 5.91 Å². The summed E-state index contributed by atoms with van der Waals surface area (Å²) in [7, 11) is 0. The first kappa shape index (κ1) is 14.0. The van der Waals surface area contributed by atoms with Crippen molar-refractivity contribution in [3.63, 3.8) is 0 Å². The fourth-order valence-corrected chi connectivity index (χ4v) is 1.97. The molecule has 5 nitrogen and oxygen atoms in total. The zero-order valence-corrected chi connectivity index (χ0v) is 10.9. The van der Waals surface area contributed by atoms with Crippen molar-refractivity contribution in [1.82, 2.24) is 5.32 Å². The number of aromatic nitrogens is 1. The van der Waals surface area contributed by atoms with E-state index in [9.17, 15) is 10.0 Å². The average molecular weight is 272 g/mol. The van der Waals surface area contributed by atoms with Crippen molar-refractivity contribution in [2.24, 2.45) is 0 Å². The second kappa shape index (κ2) is 6.68. The number of aliphatic hydroxyl groups excluding tert-OH is 1. The van der Waals surface area contributed by atoms with E-state index in [0.29, 0.717) is 11.2 Å². The summed E-state index contributed by atoms with van der Waals surface area (Å²) in [5, 5.41) is 23.4. The molecule has 0 aliphatic heterocycles. The fraction of sp³-hybridized carbons (Fsp3) is 0.200. The predicted molar refractivity (Wildman–Crippen MR) is 73.8 cm³/mol. The summed E-state index contributed by atoms with van der Waals surface area (Å²) in [6.07, 6.45) is 1.67. The van der Waals surface area contributed by atoms with Gasteiger partial charge in [0, 0.05) is 18.7 Å². The third-order valence-corrected chi connectivity index (χ3v) is 2.98. The second-order valence-electron chi connectivity index (χ2n) is 4.36. The normalized spacial score (nSPS) is 11.8. The van der Waals surface area contributed by atoms with Crippen LogP contribution in [-0.4, -0.2) is 17.6 Å². The molecule has 1 aromatic heterocycles. The highest BCUT2D eigenvalue weighted by Gasteiger charge is 2.20. The highest BCUT2D eigenvalue weighted by Crippen LogP contribution is 2.16. The summed E-state index contributed by atoms with van der Waals surface area (Å²) < 4.78 is 0.524. The molecule has 20 heavy (non-hydrogen) atoms. The van der Waals surface area contributed by atoms with Crippen molar-refractivity contribution in [2.75, 3.05) is 6.61 Å². The maximum absolute atomic E-state index is 12.1. The Kier molecular flexibility index (Phi) is 4.68. The van der Waals surface area contributed by atoms with E-state index in [1.54, 1.807) is 12.1 Å². The largest absolute Gasteiger partial charge is 0.618 e. The molecule has 0 aliphatic rings. The third-order valence-electron chi connectivity index (χ3n) is 2.98. The van der Waals surface area contributed by atoms with Crippen LogP contribution in [-0.2, 0) is 0 Å². The molecule has 2 N–H and O–H groups in total. The summed E-state index contributed by atoms with van der Waals surface area (Å²) in [6, 6.07) is 13.7. The molecule has 0 bridgehead atoms. The van der Waals surface area contributed by atoms with Crippen molar-refractivity contribution in [3.05, 3.63) is 71.2 Å². The van der Waals surface area contributed by atoms with Gasteiger partial charge in [0.25, 0.3) is 5.69 Å². The monoisotopic (exact) mass is 272 g/mol. The number of benzene rings is 1. The average Bonchev–Trinajstić information content (AvgIpc) is 2.48. The number of nitrogens with one attached hydrogen (secondary N) is 1. The lowest BCUT2D eigenvalue weighted by Gasteiger charge is -2.17. The van der Waals surface area contributed by atoms with Gasteiger partial charge < -0.3 is 15.6 Å². The number of hydrogen-bond acceptors (Lipinski definition) is 3. The smallest absolute Gasteiger partial charge is 0.317 e. The Balaban J connectivity index is 2.17. The number of pyridine rings is 1. The van der Waals surface area contributed by atoms with Crippen LogP contribution in [0.15, 0.2) is 54.7 Å². The van der Waals surface area contributed by atoms with E-state index in [-0.39, 0.29) is 18.3 Å². The number of aliphatic hydroxyl groups is 1. The maximum atomic E-state index is 12.1. The van der Waals surface area contributed by atoms with Gasteiger partial charge in [-0.1, -0.05) is 30.3 Å². The van der Waals surface area contributed by atoms with E-state index in [4.69, 9.17) is 5.11 Å². The molecule has 1 amide bonds. The summed E-state index contributed by atoms with van der Waals surface area (Å²) in [4.78, 5) is 12.1. The fourth-order valence-electron chi connectivity index (χ4n) is 1.97. The minimum Gasteiger partial charge on any atom is -0.618 e. The molecule has 0 spiro atoms. The van der Waals surface area contributed by atoms with Gasteiger partial charge in [-0.05, 0) is 18.1 Å². The van der Waals surface area contributed by atoms with E-state index >= 15 is 0 Å². The topological polar surface area (TPSA) is 76.3 Å². The van der Waals surface area contributed by atoms with Crippen LogP contribution in [0.3, 0.4) is 0 Å². The number of amides is 1. The number of carbonyl (C=O) groups excluding carboxylic acids is 1. The van der Waals surface area contributed by atoms with Crippen LogP contribution in [0.2, 0.25) is 0 Å². The van der Waals surface area contributed by atoms with Crippen molar-refractivity contribution in [3.8, 4) is 0 Å². The van der Waals surface area contributed by atoms with Crippen molar-refractivity contribution in [1.29, 1.82) is 0 Å². The van der Waals surface area contributed by atoms with Gasteiger partial charge in [-0.15, -0.1) is 0 Å². The van der Waals surface area contributed by atoms with Gasteiger partial charge in [0.1, 0.15) is 0 Å². The Hall–Kier alpha value is -2.40. The zero-order valence-electron chi connectivity index (χ0n) is 10.9. The van der Waals surface area contributed by atoms with Crippen LogP contribution in [0.4, 0.5) is 0 Å². The van der Waals surface area contributed by atoms with Crippen LogP contribution in [0.25, 0.3) is 0 Å². The minimum atomic E-state index is -0.456. The van der Waals surface area contributed by atoms with Crippen LogP contribution in [0.5, 0.6) is 0 Å². The number of carbonyl (C=O) groups is 1. The summed E-state index contributed by atoms with van der Waals surface area (Å²) in [6.45, 7) is -0.0496. The Morgan fingerprint density at radius 3 is 2.55 bits per heavy atom. The molecule has 5 heteroatoms. The molecule has 2 rings (SSSR count). The van der Waals surface area contributed by atoms with E-state index < -0.39 is 5.91 Å². The van der Waals surface area contributed by atoms with Crippen molar-refractivity contribution < 1.29 is 14.6 Å². The van der Waals surface area contributed by atoms with Crippen LogP contribution < -0.4 is 10.0 Å². The lowest BCUT2D eigenvalue weighted by atomic mass is 10.0. The Labute approximate surface area is 117 Å².